The van der Waals surface area contributed by atoms with Crippen LogP contribution in [0.4, 0.5) is 0 Å². The molecule has 0 saturated heterocycles. The van der Waals surface area contributed by atoms with Gasteiger partial charge in [-0.05, 0) is 37.0 Å². The summed E-state index contributed by atoms with van der Waals surface area (Å²) in [6, 6.07) is 0. The Bertz CT molecular complexity index is 234. The molecule has 1 amide bonds. The monoisotopic (exact) mass is 179 g/mol. The van der Waals surface area contributed by atoms with Gasteiger partial charge in [-0.2, -0.15) is 0 Å². The van der Waals surface area contributed by atoms with Crippen molar-refractivity contribution >= 4 is 5.91 Å². The van der Waals surface area contributed by atoms with E-state index in [1.807, 2.05) is 0 Å². The third-order valence-electron chi connectivity index (χ3n) is 3.44. The first-order valence-corrected chi connectivity index (χ1v) is 5.18. The first-order chi connectivity index (χ1) is 6.29. The zero-order chi connectivity index (χ0) is 9.26. The smallest absolute Gasteiger partial charge is 0.220 e. The van der Waals surface area contributed by atoms with Crippen LogP contribution in [0.2, 0.25) is 0 Å². The average Bonchev–Trinajstić information content (AvgIpc) is 2.19. The molecular weight excluding hydrogens is 162 g/mol. The first-order valence-electron chi connectivity index (χ1n) is 5.18. The Hall–Kier alpha value is -0.790. The third kappa shape index (κ3) is 1.77. The molecule has 13 heavy (non-hydrogen) atoms. The number of hydrogen-bond acceptors (Lipinski definition) is 1. The molecule has 1 saturated carbocycles. The van der Waals surface area contributed by atoms with Crippen LogP contribution in [-0.4, -0.2) is 13.0 Å². The molecule has 2 nitrogen and oxygen atoms in total. The maximum absolute atomic E-state index is 11.2. The van der Waals surface area contributed by atoms with Crippen molar-refractivity contribution in [3.05, 3.63) is 12.2 Å². The summed E-state index contributed by atoms with van der Waals surface area (Å²) >= 11 is 0. The van der Waals surface area contributed by atoms with E-state index in [4.69, 9.17) is 0 Å². The molecule has 3 rings (SSSR count). The second kappa shape index (κ2) is 3.52. The molecule has 0 aliphatic heterocycles. The molecule has 3 atom stereocenters. The van der Waals surface area contributed by atoms with Crippen LogP contribution < -0.4 is 5.32 Å². The van der Waals surface area contributed by atoms with Gasteiger partial charge in [-0.3, -0.25) is 4.79 Å². The van der Waals surface area contributed by atoms with Crippen molar-refractivity contribution in [1.82, 2.24) is 5.32 Å². The van der Waals surface area contributed by atoms with E-state index in [9.17, 15) is 4.79 Å². The molecular formula is C11H17NO. The van der Waals surface area contributed by atoms with E-state index < -0.39 is 0 Å². The molecule has 0 aromatic carbocycles. The zero-order valence-corrected chi connectivity index (χ0v) is 8.12. The minimum atomic E-state index is 0.200. The summed E-state index contributed by atoms with van der Waals surface area (Å²) in [6.45, 7) is 0. The van der Waals surface area contributed by atoms with Gasteiger partial charge in [-0.25, -0.2) is 0 Å². The quantitative estimate of drug-likeness (QED) is 0.643. The summed E-state index contributed by atoms with van der Waals surface area (Å²) < 4.78 is 0. The maximum Gasteiger partial charge on any atom is 0.220 e. The molecule has 2 bridgehead atoms. The molecule has 72 valence electrons. The fourth-order valence-electron chi connectivity index (χ4n) is 2.63. The van der Waals surface area contributed by atoms with Gasteiger partial charge >= 0.3 is 0 Å². The molecule has 0 aromatic rings. The standard InChI is InChI=1S/C11H17NO/c1-12-11(13)7-10-6-8-2-4-9(10)5-3-8/h2,4,8-10H,3,5-7H2,1H3,(H,12,13). The lowest BCUT2D eigenvalue weighted by Crippen LogP contribution is -2.31. The summed E-state index contributed by atoms with van der Waals surface area (Å²) in [6.07, 6.45) is 9.25. The van der Waals surface area contributed by atoms with E-state index in [0.717, 1.165) is 12.3 Å². The lowest BCUT2D eigenvalue weighted by molar-refractivity contribution is -0.122. The van der Waals surface area contributed by atoms with E-state index in [2.05, 4.69) is 17.5 Å². The highest BCUT2D eigenvalue weighted by molar-refractivity contribution is 5.75. The van der Waals surface area contributed by atoms with Crippen molar-refractivity contribution in [3.63, 3.8) is 0 Å². The number of nitrogens with one attached hydrogen (secondary N) is 1. The Morgan fingerprint density at radius 2 is 2.31 bits per heavy atom. The number of fused-ring (bicyclic) bond motifs is 2. The third-order valence-corrected chi connectivity index (χ3v) is 3.44. The number of rotatable bonds is 2. The Labute approximate surface area is 79.4 Å². The number of hydrogen-bond donors (Lipinski definition) is 1. The van der Waals surface area contributed by atoms with Crippen molar-refractivity contribution in [2.75, 3.05) is 7.05 Å². The average molecular weight is 179 g/mol. The van der Waals surface area contributed by atoms with Gasteiger partial charge in [0.2, 0.25) is 5.91 Å². The first kappa shape index (κ1) is 8.79. The van der Waals surface area contributed by atoms with Crippen molar-refractivity contribution in [2.24, 2.45) is 17.8 Å². The van der Waals surface area contributed by atoms with Crippen molar-refractivity contribution in [1.29, 1.82) is 0 Å². The molecule has 3 aliphatic rings. The lowest BCUT2D eigenvalue weighted by Gasteiger charge is -2.37. The number of carbonyl (C=O) groups excluding carboxylic acids is 1. The molecule has 0 radical (unpaired) electrons. The van der Waals surface area contributed by atoms with Crippen LogP contribution in [0.25, 0.3) is 0 Å². The van der Waals surface area contributed by atoms with E-state index in [0.29, 0.717) is 11.8 Å². The van der Waals surface area contributed by atoms with Crippen LogP contribution in [0.5, 0.6) is 0 Å². The van der Waals surface area contributed by atoms with E-state index >= 15 is 0 Å². The second-order valence-corrected chi connectivity index (χ2v) is 4.26. The molecule has 3 aliphatic carbocycles. The van der Waals surface area contributed by atoms with Crippen LogP contribution in [0, 0.1) is 17.8 Å². The van der Waals surface area contributed by atoms with Gasteiger partial charge in [-0.15, -0.1) is 0 Å². The van der Waals surface area contributed by atoms with Gasteiger partial charge in [0.1, 0.15) is 0 Å². The molecule has 1 N–H and O–H groups in total. The lowest BCUT2D eigenvalue weighted by atomic mass is 9.68. The second-order valence-electron chi connectivity index (χ2n) is 4.26. The molecule has 1 fully saturated rings. The number of allylic oxidation sites excluding steroid dienone is 2. The Kier molecular flexibility index (Phi) is 2.38. The minimum Gasteiger partial charge on any atom is -0.359 e. The van der Waals surface area contributed by atoms with Crippen LogP contribution in [0.1, 0.15) is 25.7 Å². The van der Waals surface area contributed by atoms with Gasteiger partial charge in [0.15, 0.2) is 0 Å². The Morgan fingerprint density at radius 1 is 1.46 bits per heavy atom. The van der Waals surface area contributed by atoms with Crippen molar-refractivity contribution < 1.29 is 4.79 Å². The van der Waals surface area contributed by atoms with Crippen LogP contribution in [-0.2, 0) is 4.79 Å². The van der Waals surface area contributed by atoms with Crippen molar-refractivity contribution in [3.8, 4) is 0 Å². The summed E-state index contributed by atoms with van der Waals surface area (Å²) in [7, 11) is 1.72. The largest absolute Gasteiger partial charge is 0.359 e. The van der Waals surface area contributed by atoms with Crippen LogP contribution in [0.3, 0.4) is 0 Å². The van der Waals surface area contributed by atoms with Crippen molar-refractivity contribution in [2.45, 2.75) is 25.7 Å². The zero-order valence-electron chi connectivity index (χ0n) is 8.12. The molecule has 0 aromatic heterocycles. The van der Waals surface area contributed by atoms with Gasteiger partial charge < -0.3 is 5.32 Å². The highest BCUT2D eigenvalue weighted by Crippen LogP contribution is 2.41. The highest BCUT2D eigenvalue weighted by atomic mass is 16.1. The fraction of sp³-hybridized carbons (Fsp3) is 0.727. The van der Waals surface area contributed by atoms with Crippen LogP contribution in [0.15, 0.2) is 12.2 Å². The van der Waals surface area contributed by atoms with Gasteiger partial charge in [-0.1, -0.05) is 12.2 Å². The predicted octanol–water partition coefficient (Wildman–Crippen LogP) is 1.72. The van der Waals surface area contributed by atoms with Gasteiger partial charge in [0, 0.05) is 13.5 Å². The maximum atomic E-state index is 11.2. The normalized spacial score (nSPS) is 36.2. The topological polar surface area (TPSA) is 29.1 Å². The minimum absolute atomic E-state index is 0.200. The molecule has 0 heterocycles. The molecule has 2 heteroatoms. The fourth-order valence-corrected chi connectivity index (χ4v) is 2.63. The highest BCUT2D eigenvalue weighted by Gasteiger charge is 2.32. The van der Waals surface area contributed by atoms with E-state index in [-0.39, 0.29) is 5.91 Å². The summed E-state index contributed by atoms with van der Waals surface area (Å²) in [4.78, 5) is 11.2. The van der Waals surface area contributed by atoms with Gasteiger partial charge in [0.05, 0.1) is 0 Å². The Morgan fingerprint density at radius 3 is 2.77 bits per heavy atom. The van der Waals surface area contributed by atoms with Gasteiger partial charge in [0.25, 0.3) is 0 Å². The number of amides is 1. The summed E-state index contributed by atoms with van der Waals surface area (Å²) in [5, 5.41) is 2.71. The molecule has 3 unspecified atom stereocenters. The predicted molar refractivity (Wildman–Crippen MR) is 52.1 cm³/mol. The number of carbonyl (C=O) groups is 1. The van der Waals surface area contributed by atoms with Crippen LogP contribution >= 0.6 is 0 Å². The summed E-state index contributed by atoms with van der Waals surface area (Å²) in [5.74, 6) is 2.26. The van der Waals surface area contributed by atoms with E-state index in [1.54, 1.807) is 7.05 Å². The molecule has 0 spiro atoms. The SMILES string of the molecule is CNC(=O)CC1CC2C=CC1CC2. The Balaban J connectivity index is 1.95. The summed E-state index contributed by atoms with van der Waals surface area (Å²) in [5.41, 5.74) is 0. The van der Waals surface area contributed by atoms with E-state index in [1.165, 1.54) is 19.3 Å².